The number of amides is 3. The molecule has 2 N–H and O–H groups in total. The molecule has 1 atom stereocenters. The van der Waals surface area contributed by atoms with Crippen LogP contribution in [-0.4, -0.2) is 30.9 Å². The molecule has 6 nitrogen and oxygen atoms in total. The van der Waals surface area contributed by atoms with Crippen molar-refractivity contribution in [3.8, 4) is 5.75 Å². The Balaban J connectivity index is 2.79. The molecule has 0 spiro atoms. The first-order valence-corrected chi connectivity index (χ1v) is 6.70. The van der Waals surface area contributed by atoms with Crippen LogP contribution in [0, 0.1) is 13.8 Å². The molecule has 114 valence electrons. The number of aldehydes is 1. The van der Waals surface area contributed by atoms with Gasteiger partial charge in [0, 0.05) is 12.1 Å². The summed E-state index contributed by atoms with van der Waals surface area (Å²) in [5.74, 6) is 0.0124. The SMILES string of the molecule is CCNC(=O)NC(=O)C(C)Oc1c(C)cc(C=O)cc1C. The Bertz CT molecular complexity index is 532. The van der Waals surface area contributed by atoms with Crippen molar-refractivity contribution in [2.45, 2.75) is 33.8 Å². The van der Waals surface area contributed by atoms with Crippen molar-refractivity contribution >= 4 is 18.2 Å². The van der Waals surface area contributed by atoms with Crippen molar-refractivity contribution in [3.63, 3.8) is 0 Å². The number of carbonyl (C=O) groups is 3. The van der Waals surface area contributed by atoms with E-state index in [0.29, 0.717) is 17.9 Å². The molecule has 0 fully saturated rings. The van der Waals surface area contributed by atoms with Gasteiger partial charge in [0.25, 0.3) is 5.91 Å². The molecule has 0 saturated carbocycles. The third-order valence-electron chi connectivity index (χ3n) is 2.86. The van der Waals surface area contributed by atoms with Gasteiger partial charge in [-0.05, 0) is 51.0 Å². The van der Waals surface area contributed by atoms with E-state index in [2.05, 4.69) is 10.6 Å². The number of aryl methyl sites for hydroxylation is 2. The minimum atomic E-state index is -0.827. The van der Waals surface area contributed by atoms with Crippen LogP contribution in [0.3, 0.4) is 0 Å². The Morgan fingerprint density at radius 2 is 1.86 bits per heavy atom. The highest BCUT2D eigenvalue weighted by Gasteiger charge is 2.19. The summed E-state index contributed by atoms with van der Waals surface area (Å²) in [7, 11) is 0. The zero-order chi connectivity index (χ0) is 16.0. The predicted octanol–water partition coefficient (Wildman–Crippen LogP) is 1.73. The van der Waals surface area contributed by atoms with Crippen LogP contribution < -0.4 is 15.4 Å². The number of hydrogen-bond donors (Lipinski definition) is 2. The summed E-state index contributed by atoms with van der Waals surface area (Å²) in [5, 5.41) is 4.66. The summed E-state index contributed by atoms with van der Waals surface area (Å²) in [6.07, 6.45) is -0.0678. The smallest absolute Gasteiger partial charge is 0.321 e. The van der Waals surface area contributed by atoms with Gasteiger partial charge in [-0.3, -0.25) is 14.9 Å². The third-order valence-corrected chi connectivity index (χ3v) is 2.86. The Hall–Kier alpha value is -2.37. The van der Waals surface area contributed by atoms with Crippen LogP contribution in [0.5, 0.6) is 5.75 Å². The lowest BCUT2D eigenvalue weighted by Crippen LogP contribution is -2.45. The maximum atomic E-state index is 11.8. The molecule has 3 amide bonds. The lowest BCUT2D eigenvalue weighted by molar-refractivity contribution is -0.126. The fourth-order valence-electron chi connectivity index (χ4n) is 1.89. The fraction of sp³-hybridized carbons (Fsp3) is 0.400. The van der Waals surface area contributed by atoms with Crippen molar-refractivity contribution in [1.29, 1.82) is 0 Å². The van der Waals surface area contributed by atoms with Crippen LogP contribution >= 0.6 is 0 Å². The van der Waals surface area contributed by atoms with Gasteiger partial charge in [0.05, 0.1) is 0 Å². The first kappa shape index (κ1) is 16.7. The van der Waals surface area contributed by atoms with Crippen LogP contribution in [0.15, 0.2) is 12.1 Å². The molecule has 0 aromatic heterocycles. The topological polar surface area (TPSA) is 84.5 Å². The van der Waals surface area contributed by atoms with Gasteiger partial charge in [0.2, 0.25) is 0 Å². The summed E-state index contributed by atoms with van der Waals surface area (Å²) < 4.78 is 5.61. The average molecular weight is 292 g/mol. The van der Waals surface area contributed by atoms with E-state index in [9.17, 15) is 14.4 Å². The van der Waals surface area contributed by atoms with Crippen molar-refractivity contribution in [2.24, 2.45) is 0 Å². The predicted molar refractivity (Wildman–Crippen MR) is 78.6 cm³/mol. The van der Waals surface area contributed by atoms with Crippen molar-refractivity contribution in [2.75, 3.05) is 6.54 Å². The normalized spacial score (nSPS) is 11.4. The largest absolute Gasteiger partial charge is 0.480 e. The molecular formula is C15H20N2O4. The van der Waals surface area contributed by atoms with E-state index in [4.69, 9.17) is 4.74 Å². The Morgan fingerprint density at radius 1 is 1.29 bits per heavy atom. The van der Waals surface area contributed by atoms with Gasteiger partial charge in [0.1, 0.15) is 12.0 Å². The molecule has 0 radical (unpaired) electrons. The lowest BCUT2D eigenvalue weighted by atomic mass is 10.1. The Kier molecular flexibility index (Phi) is 5.90. The van der Waals surface area contributed by atoms with E-state index < -0.39 is 18.0 Å². The molecule has 0 aliphatic rings. The quantitative estimate of drug-likeness (QED) is 0.809. The molecule has 0 aliphatic heterocycles. The molecule has 0 saturated heterocycles. The molecule has 0 heterocycles. The average Bonchev–Trinajstić information content (AvgIpc) is 2.42. The summed E-state index contributed by atoms with van der Waals surface area (Å²) in [5.41, 5.74) is 2.07. The van der Waals surface area contributed by atoms with Crippen LogP contribution in [0.2, 0.25) is 0 Å². The van der Waals surface area contributed by atoms with Crippen LogP contribution in [0.25, 0.3) is 0 Å². The number of imide groups is 1. The zero-order valence-electron chi connectivity index (χ0n) is 12.6. The van der Waals surface area contributed by atoms with Crippen LogP contribution in [-0.2, 0) is 4.79 Å². The fourth-order valence-corrected chi connectivity index (χ4v) is 1.89. The van der Waals surface area contributed by atoms with Gasteiger partial charge in [0.15, 0.2) is 6.10 Å². The zero-order valence-corrected chi connectivity index (χ0v) is 12.6. The second-order valence-electron chi connectivity index (χ2n) is 4.71. The van der Waals surface area contributed by atoms with E-state index in [1.165, 1.54) is 0 Å². The second-order valence-corrected chi connectivity index (χ2v) is 4.71. The highest BCUT2D eigenvalue weighted by molar-refractivity contribution is 5.96. The number of nitrogens with one attached hydrogen (secondary N) is 2. The molecule has 21 heavy (non-hydrogen) atoms. The van der Waals surface area contributed by atoms with E-state index >= 15 is 0 Å². The monoisotopic (exact) mass is 292 g/mol. The Morgan fingerprint density at radius 3 is 2.33 bits per heavy atom. The molecule has 0 aliphatic carbocycles. The highest BCUT2D eigenvalue weighted by atomic mass is 16.5. The number of urea groups is 1. The van der Waals surface area contributed by atoms with Crippen molar-refractivity contribution < 1.29 is 19.1 Å². The maximum absolute atomic E-state index is 11.8. The van der Waals surface area contributed by atoms with Crippen LogP contribution in [0.1, 0.15) is 35.3 Å². The highest BCUT2D eigenvalue weighted by Crippen LogP contribution is 2.25. The molecule has 6 heteroatoms. The Labute approximate surface area is 123 Å². The van der Waals surface area contributed by atoms with Gasteiger partial charge in [-0.1, -0.05) is 0 Å². The van der Waals surface area contributed by atoms with Gasteiger partial charge < -0.3 is 10.1 Å². The first-order chi connectivity index (χ1) is 9.88. The molecular weight excluding hydrogens is 272 g/mol. The van der Waals surface area contributed by atoms with Gasteiger partial charge in [-0.2, -0.15) is 0 Å². The number of benzene rings is 1. The third kappa shape index (κ3) is 4.59. The number of rotatable bonds is 5. The molecule has 1 aromatic rings. The maximum Gasteiger partial charge on any atom is 0.321 e. The standard InChI is InChI=1S/C15H20N2O4/c1-5-16-15(20)17-14(19)11(4)21-13-9(2)6-12(8-18)7-10(13)3/h6-8,11H,5H2,1-4H3,(H2,16,17,19,20). The van der Waals surface area contributed by atoms with Gasteiger partial charge in [-0.15, -0.1) is 0 Å². The summed E-state index contributed by atoms with van der Waals surface area (Å²) in [4.78, 5) is 33.9. The minimum Gasteiger partial charge on any atom is -0.480 e. The van der Waals surface area contributed by atoms with Crippen LogP contribution in [0.4, 0.5) is 4.79 Å². The molecule has 1 rings (SSSR count). The van der Waals surface area contributed by atoms with Crippen molar-refractivity contribution in [1.82, 2.24) is 10.6 Å². The number of carbonyl (C=O) groups excluding carboxylic acids is 3. The summed E-state index contributed by atoms with van der Waals surface area (Å²) >= 11 is 0. The summed E-state index contributed by atoms with van der Waals surface area (Å²) in [6, 6.07) is 2.82. The number of hydrogen-bond acceptors (Lipinski definition) is 4. The van der Waals surface area contributed by atoms with Gasteiger partial charge in [-0.25, -0.2) is 4.79 Å². The van der Waals surface area contributed by atoms with E-state index in [1.54, 1.807) is 39.8 Å². The lowest BCUT2D eigenvalue weighted by Gasteiger charge is -2.18. The van der Waals surface area contributed by atoms with Gasteiger partial charge >= 0.3 is 6.03 Å². The molecule has 0 bridgehead atoms. The van der Waals surface area contributed by atoms with Crippen molar-refractivity contribution in [3.05, 3.63) is 28.8 Å². The first-order valence-electron chi connectivity index (χ1n) is 6.70. The molecule has 1 aromatic carbocycles. The minimum absolute atomic E-state index is 0.430. The second kappa shape index (κ2) is 7.42. The van der Waals surface area contributed by atoms with E-state index in [-0.39, 0.29) is 0 Å². The van der Waals surface area contributed by atoms with E-state index in [1.807, 2.05) is 0 Å². The van der Waals surface area contributed by atoms with E-state index in [0.717, 1.165) is 17.4 Å². The molecule has 1 unspecified atom stereocenters. The summed E-state index contributed by atoms with van der Waals surface area (Å²) in [6.45, 7) is 7.33. The number of ether oxygens (including phenoxy) is 1.